The van der Waals surface area contributed by atoms with Gasteiger partial charge in [0, 0.05) is 20.9 Å². The highest BCUT2D eigenvalue weighted by atomic mass is 79.9. The van der Waals surface area contributed by atoms with Crippen LogP contribution in [0.2, 0.25) is 0 Å². The maximum absolute atomic E-state index is 10.8. The van der Waals surface area contributed by atoms with Crippen LogP contribution in [0.3, 0.4) is 0 Å². The molecule has 0 spiro atoms. The van der Waals surface area contributed by atoms with Gasteiger partial charge in [0.1, 0.15) is 0 Å². The molecule has 21 heavy (non-hydrogen) atoms. The molecule has 2 N–H and O–H groups in total. The van der Waals surface area contributed by atoms with Crippen molar-refractivity contribution in [1.82, 2.24) is 4.98 Å². The van der Waals surface area contributed by atoms with Crippen molar-refractivity contribution in [3.05, 3.63) is 57.0 Å². The predicted octanol–water partition coefficient (Wildman–Crippen LogP) is 4.37. The molecule has 0 radical (unpaired) electrons. The van der Waals surface area contributed by atoms with Crippen molar-refractivity contribution in [2.24, 2.45) is 0 Å². The number of rotatable bonds is 4. The molecule has 3 aromatic rings. The van der Waals surface area contributed by atoms with Gasteiger partial charge < -0.3 is 10.4 Å². The van der Waals surface area contributed by atoms with Crippen molar-refractivity contribution in [3.8, 4) is 0 Å². The average Bonchev–Trinajstić information content (AvgIpc) is 2.96. The summed E-state index contributed by atoms with van der Waals surface area (Å²) in [6, 6.07) is 12.1. The normalized spacial score (nSPS) is 10.7. The van der Waals surface area contributed by atoms with Crippen molar-refractivity contribution >= 4 is 49.7 Å². The summed E-state index contributed by atoms with van der Waals surface area (Å²) in [6.45, 7) is 0.495. The molecule has 0 aliphatic rings. The summed E-state index contributed by atoms with van der Waals surface area (Å²) in [5.74, 6) is -0.986. The van der Waals surface area contributed by atoms with Crippen LogP contribution >= 0.6 is 27.3 Å². The van der Waals surface area contributed by atoms with Gasteiger partial charge >= 0.3 is 5.97 Å². The number of nitrogens with one attached hydrogen (secondary N) is 1. The van der Waals surface area contributed by atoms with E-state index in [-0.39, 0.29) is 5.01 Å². The van der Waals surface area contributed by atoms with Crippen LogP contribution in [0.1, 0.15) is 15.5 Å². The van der Waals surface area contributed by atoms with E-state index in [1.54, 1.807) is 5.38 Å². The summed E-state index contributed by atoms with van der Waals surface area (Å²) >= 11 is 4.68. The van der Waals surface area contributed by atoms with E-state index in [9.17, 15) is 4.79 Å². The van der Waals surface area contributed by atoms with E-state index in [4.69, 9.17) is 5.11 Å². The summed E-state index contributed by atoms with van der Waals surface area (Å²) < 4.78 is 1.05. The lowest BCUT2D eigenvalue weighted by molar-refractivity contribution is 0.0696. The summed E-state index contributed by atoms with van der Waals surface area (Å²) in [5.41, 5.74) is 1.73. The van der Waals surface area contributed by atoms with Crippen LogP contribution in [0.25, 0.3) is 10.8 Å². The number of fused-ring (bicyclic) bond motifs is 1. The minimum absolute atomic E-state index is 0.118. The molecule has 0 amide bonds. The molecular formula is C15H11BrN2O2S. The molecule has 106 valence electrons. The van der Waals surface area contributed by atoms with Crippen LogP contribution in [-0.4, -0.2) is 16.1 Å². The first kappa shape index (κ1) is 14.0. The second-order valence-corrected chi connectivity index (χ2v) is 6.16. The Morgan fingerprint density at radius 2 is 2.00 bits per heavy atom. The monoisotopic (exact) mass is 362 g/mol. The quantitative estimate of drug-likeness (QED) is 0.723. The van der Waals surface area contributed by atoms with E-state index in [0.29, 0.717) is 6.54 Å². The van der Waals surface area contributed by atoms with Crippen LogP contribution in [0, 0.1) is 0 Å². The Hall–Kier alpha value is -1.92. The second kappa shape index (κ2) is 5.83. The van der Waals surface area contributed by atoms with E-state index in [2.05, 4.69) is 32.3 Å². The van der Waals surface area contributed by atoms with Crippen molar-refractivity contribution in [2.75, 3.05) is 5.32 Å². The van der Waals surface area contributed by atoms with Crippen molar-refractivity contribution in [2.45, 2.75) is 6.54 Å². The van der Waals surface area contributed by atoms with Gasteiger partial charge in [-0.25, -0.2) is 9.78 Å². The van der Waals surface area contributed by atoms with Crippen LogP contribution in [-0.2, 0) is 6.54 Å². The minimum atomic E-state index is -0.986. The number of hydrogen-bond donors (Lipinski definition) is 2. The van der Waals surface area contributed by atoms with E-state index < -0.39 is 5.97 Å². The number of halogens is 1. The Labute approximate surface area is 133 Å². The van der Waals surface area contributed by atoms with Crippen molar-refractivity contribution in [1.29, 1.82) is 0 Å². The number of benzene rings is 2. The average molecular weight is 363 g/mol. The lowest BCUT2D eigenvalue weighted by Gasteiger charge is -2.10. The van der Waals surface area contributed by atoms with Gasteiger partial charge in [0.2, 0.25) is 5.01 Å². The van der Waals surface area contributed by atoms with E-state index in [1.165, 1.54) is 0 Å². The molecule has 2 aromatic carbocycles. The second-order valence-electron chi connectivity index (χ2n) is 4.44. The largest absolute Gasteiger partial charge is 0.476 e. The van der Waals surface area contributed by atoms with Gasteiger partial charge in [0.25, 0.3) is 0 Å². The zero-order valence-corrected chi connectivity index (χ0v) is 13.2. The lowest BCUT2D eigenvalue weighted by atomic mass is 10.1. The molecule has 0 saturated heterocycles. The Morgan fingerprint density at radius 1 is 1.24 bits per heavy atom. The molecule has 0 saturated carbocycles. The number of carboxylic acids is 1. The molecule has 3 rings (SSSR count). The highest BCUT2D eigenvalue weighted by Gasteiger charge is 2.09. The molecule has 0 unspecified atom stereocenters. The van der Waals surface area contributed by atoms with Crippen LogP contribution in [0.4, 0.5) is 5.69 Å². The summed E-state index contributed by atoms with van der Waals surface area (Å²) in [4.78, 5) is 14.9. The first-order valence-corrected chi connectivity index (χ1v) is 7.91. The van der Waals surface area contributed by atoms with Gasteiger partial charge in [-0.05, 0) is 17.5 Å². The molecular weight excluding hydrogens is 352 g/mol. The molecule has 0 atom stereocenters. The van der Waals surface area contributed by atoms with Gasteiger partial charge in [0.15, 0.2) is 0 Å². The topological polar surface area (TPSA) is 62.2 Å². The third-order valence-corrected chi connectivity index (χ3v) is 4.64. The van der Waals surface area contributed by atoms with Gasteiger partial charge in [-0.2, -0.15) is 0 Å². The highest BCUT2D eigenvalue weighted by molar-refractivity contribution is 9.10. The number of aromatic carboxylic acids is 1. The fourth-order valence-corrected chi connectivity index (χ4v) is 3.22. The van der Waals surface area contributed by atoms with Gasteiger partial charge in [-0.3, -0.25) is 0 Å². The summed E-state index contributed by atoms with van der Waals surface area (Å²) in [7, 11) is 0. The SMILES string of the molecule is O=C(O)c1nc(CNc2ccc(Br)c3ccccc23)cs1. The Morgan fingerprint density at radius 3 is 2.71 bits per heavy atom. The van der Waals surface area contributed by atoms with Gasteiger partial charge in [0.05, 0.1) is 12.2 Å². The smallest absolute Gasteiger partial charge is 0.365 e. The summed E-state index contributed by atoms with van der Waals surface area (Å²) in [5, 5.41) is 16.3. The first-order chi connectivity index (χ1) is 10.1. The fraction of sp³-hybridized carbons (Fsp3) is 0.0667. The van der Waals surface area contributed by atoms with E-state index >= 15 is 0 Å². The predicted molar refractivity (Wildman–Crippen MR) is 88.0 cm³/mol. The van der Waals surface area contributed by atoms with Crippen molar-refractivity contribution in [3.63, 3.8) is 0 Å². The van der Waals surface area contributed by atoms with Gasteiger partial charge in [-0.1, -0.05) is 40.2 Å². The van der Waals surface area contributed by atoms with Crippen LogP contribution in [0.5, 0.6) is 0 Å². The molecule has 0 bridgehead atoms. The Bertz CT molecular complexity index is 816. The molecule has 0 fully saturated rings. The maximum atomic E-state index is 10.8. The lowest BCUT2D eigenvalue weighted by Crippen LogP contribution is -2.02. The number of carboxylic acid groups (broad SMARTS) is 1. The zero-order chi connectivity index (χ0) is 14.8. The molecule has 1 heterocycles. The Balaban J connectivity index is 1.85. The van der Waals surface area contributed by atoms with E-state index in [1.807, 2.05) is 30.3 Å². The number of hydrogen-bond acceptors (Lipinski definition) is 4. The third kappa shape index (κ3) is 2.91. The molecule has 0 aliphatic carbocycles. The fourth-order valence-electron chi connectivity index (χ4n) is 2.09. The number of nitrogens with zero attached hydrogens (tertiary/aromatic N) is 1. The van der Waals surface area contributed by atoms with Crippen molar-refractivity contribution < 1.29 is 9.90 Å². The molecule has 0 aliphatic heterocycles. The minimum Gasteiger partial charge on any atom is -0.476 e. The number of thiazole rings is 1. The van der Waals surface area contributed by atoms with E-state index in [0.717, 1.165) is 38.0 Å². The van der Waals surface area contributed by atoms with Crippen LogP contribution < -0.4 is 5.32 Å². The standard InChI is InChI=1S/C15H11BrN2O2S/c16-12-5-6-13(11-4-2-1-3-10(11)12)17-7-9-8-21-14(18-9)15(19)20/h1-6,8,17H,7H2,(H,19,20). The molecule has 1 aromatic heterocycles. The number of aromatic nitrogens is 1. The van der Waals surface area contributed by atoms with Gasteiger partial charge in [-0.15, -0.1) is 11.3 Å². The zero-order valence-electron chi connectivity index (χ0n) is 10.8. The highest BCUT2D eigenvalue weighted by Crippen LogP contribution is 2.30. The number of anilines is 1. The third-order valence-electron chi connectivity index (χ3n) is 3.07. The Kier molecular flexibility index (Phi) is 3.90. The molecule has 4 nitrogen and oxygen atoms in total. The number of carbonyl (C=O) groups is 1. The van der Waals surface area contributed by atoms with Crippen LogP contribution in [0.15, 0.2) is 46.3 Å². The molecule has 6 heteroatoms. The first-order valence-electron chi connectivity index (χ1n) is 6.24. The summed E-state index contributed by atoms with van der Waals surface area (Å²) in [6.07, 6.45) is 0. The maximum Gasteiger partial charge on any atom is 0.365 e.